The van der Waals surface area contributed by atoms with Crippen molar-refractivity contribution in [2.75, 3.05) is 0 Å². The third-order valence-corrected chi connectivity index (χ3v) is 8.41. The van der Waals surface area contributed by atoms with E-state index in [9.17, 15) is 28.7 Å². The average molecular weight is 490 g/mol. The summed E-state index contributed by atoms with van der Waals surface area (Å²) in [5.41, 5.74) is 2.16. The fourth-order valence-corrected chi connectivity index (χ4v) is 5.17. The minimum atomic E-state index is -5.74. The van der Waals surface area contributed by atoms with Crippen LogP contribution in [0.5, 0.6) is 0 Å². The fourth-order valence-electron chi connectivity index (χ4n) is 2.59. The minimum Gasteiger partial charge on any atom is -0.810 e. The van der Waals surface area contributed by atoms with Gasteiger partial charge in [-0.3, -0.25) is 0 Å². The normalized spacial score (nSPS) is 11.8. The summed E-state index contributed by atoms with van der Waals surface area (Å²) in [4.78, 5) is 44.6. The minimum absolute atomic E-state index is 0. The Bertz CT molecular complexity index is 733. The summed E-state index contributed by atoms with van der Waals surface area (Å²) in [5, 5.41) is 0. The van der Waals surface area contributed by atoms with E-state index in [1.165, 1.54) is 18.2 Å². The Labute approximate surface area is 268 Å². The number of rotatable bonds is 9. The Kier molecular flexibility index (Phi) is 24.5. The van der Waals surface area contributed by atoms with Crippen molar-refractivity contribution < 1.29 is 147 Å². The van der Waals surface area contributed by atoms with Crippen LogP contribution < -0.4 is 138 Å². The Hall–Kier alpha value is 3.00. The molecule has 146 valence electrons. The van der Waals surface area contributed by atoms with Gasteiger partial charge in [0.25, 0.3) is 0 Å². The molecular formula is C18H24Na4O6P2. The number of benzene rings is 1. The van der Waals surface area contributed by atoms with Crippen LogP contribution in [0.3, 0.4) is 0 Å². The monoisotopic (exact) mass is 490 g/mol. The van der Waals surface area contributed by atoms with Crippen LogP contribution in [-0.4, -0.2) is 4.90 Å². The molecule has 0 fully saturated rings. The van der Waals surface area contributed by atoms with Gasteiger partial charge in [-0.05, 0) is 52.0 Å². The standard InChI is InChI=1S/C18H28O6P2.4Na/c1-15(2)8-7-9-16(3)12-13-18(25(19,20)21,26(22,23)24)14-17-10-5-4-6-11-17;;;;/h4-6,8,10-12H,7,9,13-14H2,1-3H3,(H2,19,20,21)(H2,22,23,24);;;;/q;4*+1/p-4/b16-12+;;;;. The summed E-state index contributed by atoms with van der Waals surface area (Å²) in [5.74, 6) is 0. The first-order chi connectivity index (χ1) is 11.9. The molecule has 0 aromatic heterocycles. The first kappa shape index (κ1) is 40.2. The van der Waals surface area contributed by atoms with Crippen molar-refractivity contribution in [3.05, 3.63) is 59.2 Å². The van der Waals surface area contributed by atoms with Gasteiger partial charge in [0.1, 0.15) is 0 Å². The van der Waals surface area contributed by atoms with E-state index in [4.69, 9.17) is 0 Å². The predicted molar refractivity (Wildman–Crippen MR) is 95.1 cm³/mol. The van der Waals surface area contributed by atoms with Crippen LogP contribution in [0.2, 0.25) is 0 Å². The van der Waals surface area contributed by atoms with Crippen LogP contribution in [0, 0.1) is 0 Å². The van der Waals surface area contributed by atoms with Gasteiger partial charge in [0.2, 0.25) is 0 Å². The second kappa shape index (κ2) is 18.3. The molecule has 0 amide bonds. The molecule has 0 aliphatic rings. The van der Waals surface area contributed by atoms with Gasteiger partial charge in [0, 0.05) is 4.90 Å². The molecule has 0 atom stereocenters. The van der Waals surface area contributed by atoms with Gasteiger partial charge in [0.15, 0.2) is 0 Å². The molecule has 0 radical (unpaired) electrons. The zero-order chi connectivity index (χ0) is 20.0. The Morgan fingerprint density at radius 2 is 1.33 bits per heavy atom. The molecule has 0 heterocycles. The summed E-state index contributed by atoms with van der Waals surface area (Å²) in [7, 11) is -11.5. The van der Waals surface area contributed by atoms with E-state index in [1.807, 2.05) is 19.9 Å². The van der Waals surface area contributed by atoms with Gasteiger partial charge in [0.05, 0.1) is 0 Å². The SMILES string of the molecule is CC(C)=CCC/C(C)=C/CC(Cc1ccccc1)(P(=O)([O-])[O-])P(=O)([O-])[O-].[Na+].[Na+].[Na+].[Na+]. The molecule has 0 unspecified atom stereocenters. The molecule has 6 nitrogen and oxygen atoms in total. The third kappa shape index (κ3) is 13.2. The second-order valence-corrected chi connectivity index (χ2v) is 10.8. The summed E-state index contributed by atoms with van der Waals surface area (Å²) in [6, 6.07) is 7.82. The fraction of sp³-hybridized carbons (Fsp3) is 0.444. The van der Waals surface area contributed by atoms with Crippen LogP contribution in [0.25, 0.3) is 0 Å². The molecular weight excluding hydrogens is 466 g/mol. The smallest absolute Gasteiger partial charge is 0.810 e. The van der Waals surface area contributed by atoms with Crippen LogP contribution in [-0.2, 0) is 15.6 Å². The molecule has 0 bridgehead atoms. The summed E-state index contributed by atoms with van der Waals surface area (Å²) in [6.45, 7) is 5.60. The summed E-state index contributed by atoms with van der Waals surface area (Å²) < 4.78 is 23.8. The predicted octanol–water partition coefficient (Wildman–Crippen LogP) is -10.1. The average Bonchev–Trinajstić information content (AvgIpc) is 2.49. The maximum absolute atomic E-state index is 11.9. The van der Waals surface area contributed by atoms with Gasteiger partial charge in [-0.1, -0.05) is 68.8 Å². The van der Waals surface area contributed by atoms with Crippen LogP contribution in [0.15, 0.2) is 53.6 Å². The molecule has 0 spiro atoms. The van der Waals surface area contributed by atoms with Crippen molar-refractivity contribution in [3.63, 3.8) is 0 Å². The molecule has 0 saturated carbocycles. The van der Waals surface area contributed by atoms with Crippen LogP contribution in [0.1, 0.15) is 45.6 Å². The van der Waals surface area contributed by atoms with E-state index in [0.717, 1.165) is 11.1 Å². The van der Waals surface area contributed by atoms with Gasteiger partial charge in [-0.2, -0.15) is 0 Å². The van der Waals surface area contributed by atoms with Gasteiger partial charge in [-0.25, -0.2) is 0 Å². The van der Waals surface area contributed by atoms with Crippen LogP contribution in [0.4, 0.5) is 0 Å². The Morgan fingerprint density at radius 3 is 1.73 bits per heavy atom. The molecule has 0 aliphatic carbocycles. The molecule has 0 aliphatic heterocycles. The summed E-state index contributed by atoms with van der Waals surface area (Å²) >= 11 is 0. The maximum atomic E-state index is 11.9. The zero-order valence-corrected chi connectivity index (χ0v) is 29.0. The zero-order valence-electron chi connectivity index (χ0n) is 19.2. The van der Waals surface area contributed by atoms with Crippen molar-refractivity contribution in [1.82, 2.24) is 0 Å². The molecule has 0 N–H and O–H groups in total. The first-order valence-electron chi connectivity index (χ1n) is 8.26. The van der Waals surface area contributed by atoms with Crippen molar-refractivity contribution in [2.24, 2.45) is 0 Å². The van der Waals surface area contributed by atoms with E-state index < -0.39 is 32.9 Å². The summed E-state index contributed by atoms with van der Waals surface area (Å²) in [6.07, 6.45) is 3.36. The van der Waals surface area contributed by atoms with Gasteiger partial charge in [-0.15, -0.1) is 0 Å². The molecule has 30 heavy (non-hydrogen) atoms. The molecule has 1 aromatic carbocycles. The molecule has 12 heteroatoms. The van der Waals surface area contributed by atoms with Crippen molar-refractivity contribution in [1.29, 1.82) is 0 Å². The van der Waals surface area contributed by atoms with Crippen molar-refractivity contribution in [2.45, 2.75) is 51.4 Å². The Balaban J connectivity index is -0.000000845. The molecule has 1 aromatic rings. The third-order valence-electron chi connectivity index (χ3n) is 4.22. The number of hydrogen-bond acceptors (Lipinski definition) is 6. The van der Waals surface area contributed by atoms with E-state index >= 15 is 0 Å². The second-order valence-electron chi connectivity index (χ2n) is 6.71. The first-order valence-corrected chi connectivity index (χ1v) is 11.3. The maximum Gasteiger partial charge on any atom is 1.00 e. The van der Waals surface area contributed by atoms with Gasteiger partial charge < -0.3 is 28.7 Å². The number of allylic oxidation sites excluding steroid dienone is 4. The van der Waals surface area contributed by atoms with E-state index in [-0.39, 0.29) is 118 Å². The Morgan fingerprint density at radius 1 is 0.867 bits per heavy atom. The largest absolute Gasteiger partial charge is 1.00 e. The quantitative estimate of drug-likeness (QED) is 0.192. The van der Waals surface area contributed by atoms with E-state index in [2.05, 4.69) is 0 Å². The van der Waals surface area contributed by atoms with Crippen molar-refractivity contribution >= 4 is 15.2 Å². The topological polar surface area (TPSA) is 126 Å². The van der Waals surface area contributed by atoms with E-state index in [1.54, 1.807) is 25.1 Å². The van der Waals surface area contributed by atoms with Crippen molar-refractivity contribution in [3.8, 4) is 0 Å². The molecule has 0 saturated heterocycles. The van der Waals surface area contributed by atoms with E-state index in [0.29, 0.717) is 18.4 Å². The molecule has 1 rings (SSSR count). The van der Waals surface area contributed by atoms with Crippen LogP contribution >= 0.6 is 15.2 Å². The van der Waals surface area contributed by atoms with Gasteiger partial charge >= 0.3 is 118 Å². The number of hydrogen-bond donors (Lipinski definition) is 0.